The maximum absolute atomic E-state index is 14.2. The third kappa shape index (κ3) is 5.82. The Morgan fingerprint density at radius 1 is 1.07 bits per heavy atom. The molecule has 0 aliphatic heterocycles. The quantitative estimate of drug-likeness (QED) is 0.191. The largest absolute Gasteiger partial charge is 0.478 e. The molecule has 7 nitrogen and oxygen atoms in total. The molecule has 0 amide bonds. The summed E-state index contributed by atoms with van der Waals surface area (Å²) in [5.41, 5.74) is 4.65. The molecule has 2 heterocycles. The van der Waals surface area contributed by atoms with Crippen LogP contribution in [-0.2, 0) is 19.6 Å². The number of alkyl halides is 1. The van der Waals surface area contributed by atoms with Crippen molar-refractivity contribution >= 4 is 17.0 Å². The van der Waals surface area contributed by atoms with Crippen LogP contribution in [0.5, 0.6) is 5.88 Å². The van der Waals surface area contributed by atoms with Gasteiger partial charge in [-0.15, -0.1) is 0 Å². The number of hydrogen-bond acceptors (Lipinski definition) is 5. The van der Waals surface area contributed by atoms with Crippen LogP contribution in [-0.4, -0.2) is 32.3 Å². The molecule has 0 bridgehead atoms. The van der Waals surface area contributed by atoms with Crippen LogP contribution in [0, 0.1) is 29.5 Å². The van der Waals surface area contributed by atoms with Gasteiger partial charge in [-0.1, -0.05) is 30.3 Å². The van der Waals surface area contributed by atoms with Gasteiger partial charge in [0.25, 0.3) is 0 Å². The Balaban J connectivity index is 1.28. The number of ether oxygens (including phenoxy) is 1. The first kappa shape index (κ1) is 28.0. The standard InChI is InChI=1S/C34H28F2N4O3/c1-21-5-6-25(27(36)13-21)18-43-32-4-2-3-28(39-32)23-8-7-22(26(14-23)17-37)16-31-38-29-10-9-24(33(41)42)15-30(29)40(31)20-34(19-35)11-12-34/h2-10,13-15H,11-12,16,18-20H2,1H3,(H,41,42). The summed E-state index contributed by atoms with van der Waals surface area (Å²) in [6.45, 7) is 1.78. The van der Waals surface area contributed by atoms with Crippen molar-refractivity contribution in [3.05, 3.63) is 112 Å². The Kier molecular flexibility index (Phi) is 7.36. The monoisotopic (exact) mass is 578 g/mol. The number of carboxylic acids is 1. The van der Waals surface area contributed by atoms with Gasteiger partial charge in [-0.2, -0.15) is 5.26 Å². The SMILES string of the molecule is Cc1ccc(COc2cccc(-c3ccc(Cc4nc5ccc(C(=O)O)cc5n4CC4(CF)CC4)c(C#N)c3)n2)c(F)c1. The van der Waals surface area contributed by atoms with E-state index in [0.29, 0.717) is 58.1 Å². The molecule has 0 unspecified atom stereocenters. The molecule has 1 aliphatic carbocycles. The second-order valence-corrected chi connectivity index (χ2v) is 11.2. The number of nitriles is 1. The van der Waals surface area contributed by atoms with Crippen molar-refractivity contribution in [2.75, 3.05) is 6.67 Å². The Morgan fingerprint density at radius 2 is 1.88 bits per heavy atom. The summed E-state index contributed by atoms with van der Waals surface area (Å²) in [6.07, 6.45) is 1.82. The number of aryl methyl sites for hydroxylation is 1. The Morgan fingerprint density at radius 3 is 2.60 bits per heavy atom. The topological polar surface area (TPSA) is 101 Å². The average molecular weight is 579 g/mol. The lowest BCUT2D eigenvalue weighted by molar-refractivity contribution is 0.0697. The molecule has 1 fully saturated rings. The molecule has 3 aromatic carbocycles. The van der Waals surface area contributed by atoms with Crippen LogP contribution < -0.4 is 4.74 Å². The molecule has 1 aliphatic rings. The highest BCUT2D eigenvalue weighted by Crippen LogP contribution is 2.48. The van der Waals surface area contributed by atoms with Gasteiger partial charge in [0, 0.05) is 35.6 Å². The molecule has 2 aromatic heterocycles. The fourth-order valence-corrected chi connectivity index (χ4v) is 5.20. The second-order valence-electron chi connectivity index (χ2n) is 11.2. The van der Waals surface area contributed by atoms with Gasteiger partial charge in [0.05, 0.1) is 40.6 Å². The lowest BCUT2D eigenvalue weighted by atomic mass is 10.00. The molecule has 0 saturated heterocycles. The molecule has 5 aromatic rings. The van der Waals surface area contributed by atoms with Crippen molar-refractivity contribution in [1.82, 2.24) is 14.5 Å². The van der Waals surface area contributed by atoms with E-state index in [1.807, 2.05) is 29.7 Å². The van der Waals surface area contributed by atoms with Gasteiger partial charge in [0.2, 0.25) is 5.88 Å². The van der Waals surface area contributed by atoms with Crippen LogP contribution in [0.4, 0.5) is 8.78 Å². The summed E-state index contributed by atoms with van der Waals surface area (Å²) in [6, 6.07) is 22.7. The van der Waals surface area contributed by atoms with Crippen molar-refractivity contribution < 1.29 is 23.4 Å². The zero-order chi connectivity index (χ0) is 30.1. The lowest BCUT2D eigenvalue weighted by Gasteiger charge is -2.16. The number of rotatable bonds is 10. The van der Waals surface area contributed by atoms with Crippen LogP contribution in [0.25, 0.3) is 22.3 Å². The maximum atomic E-state index is 14.2. The van der Waals surface area contributed by atoms with Crippen LogP contribution >= 0.6 is 0 Å². The Labute approximate surface area is 247 Å². The van der Waals surface area contributed by atoms with Crippen LogP contribution in [0.3, 0.4) is 0 Å². The van der Waals surface area contributed by atoms with Gasteiger partial charge < -0.3 is 14.4 Å². The van der Waals surface area contributed by atoms with Crippen molar-refractivity contribution in [2.24, 2.45) is 5.41 Å². The molecule has 43 heavy (non-hydrogen) atoms. The minimum atomic E-state index is -1.05. The number of aromatic carboxylic acids is 1. The minimum absolute atomic E-state index is 0.0313. The van der Waals surface area contributed by atoms with Gasteiger partial charge in [0.1, 0.15) is 18.2 Å². The second kappa shape index (κ2) is 11.3. The molecule has 0 atom stereocenters. The summed E-state index contributed by atoms with van der Waals surface area (Å²) >= 11 is 0. The molecule has 1 saturated carbocycles. The first-order valence-electron chi connectivity index (χ1n) is 13.9. The minimum Gasteiger partial charge on any atom is -0.478 e. The van der Waals surface area contributed by atoms with Crippen molar-refractivity contribution in [3.8, 4) is 23.2 Å². The summed E-state index contributed by atoms with van der Waals surface area (Å²) in [7, 11) is 0. The fourth-order valence-electron chi connectivity index (χ4n) is 5.20. The first-order chi connectivity index (χ1) is 20.8. The summed E-state index contributed by atoms with van der Waals surface area (Å²) < 4.78 is 35.8. The van der Waals surface area contributed by atoms with Crippen LogP contribution in [0.2, 0.25) is 0 Å². The molecule has 0 spiro atoms. The van der Waals surface area contributed by atoms with Crippen LogP contribution in [0.15, 0.2) is 72.8 Å². The number of halogens is 2. The number of carboxylic acid groups (broad SMARTS) is 1. The van der Waals surface area contributed by atoms with Crippen molar-refractivity contribution in [3.63, 3.8) is 0 Å². The van der Waals surface area contributed by atoms with Gasteiger partial charge >= 0.3 is 5.97 Å². The Bertz CT molecular complexity index is 1910. The van der Waals surface area contributed by atoms with E-state index in [0.717, 1.165) is 24.0 Å². The number of imidazole rings is 1. The number of pyridine rings is 1. The summed E-state index contributed by atoms with van der Waals surface area (Å²) in [5, 5.41) is 19.6. The van der Waals surface area contributed by atoms with Crippen molar-refractivity contribution in [1.29, 1.82) is 5.26 Å². The highest BCUT2D eigenvalue weighted by Gasteiger charge is 2.43. The average Bonchev–Trinajstić information content (AvgIpc) is 3.72. The smallest absolute Gasteiger partial charge is 0.335 e. The Hall–Kier alpha value is -5.10. The van der Waals surface area contributed by atoms with Crippen molar-refractivity contribution in [2.45, 2.75) is 39.3 Å². The van der Waals surface area contributed by atoms with E-state index >= 15 is 0 Å². The number of aromatic nitrogens is 3. The number of fused-ring (bicyclic) bond motifs is 1. The van der Waals surface area contributed by atoms with E-state index < -0.39 is 18.1 Å². The van der Waals surface area contributed by atoms with E-state index in [-0.39, 0.29) is 18.0 Å². The van der Waals surface area contributed by atoms with E-state index in [9.17, 15) is 23.9 Å². The summed E-state index contributed by atoms with van der Waals surface area (Å²) in [5.74, 6) is -0.413. The molecule has 216 valence electrons. The van der Waals surface area contributed by atoms with Gasteiger partial charge in [-0.05, 0) is 67.3 Å². The molecule has 1 N–H and O–H groups in total. The molecule has 0 radical (unpaired) electrons. The van der Waals surface area contributed by atoms with Gasteiger partial charge in [-0.25, -0.2) is 19.2 Å². The van der Waals surface area contributed by atoms with Crippen LogP contribution in [0.1, 0.15) is 51.3 Å². The maximum Gasteiger partial charge on any atom is 0.335 e. The molecule has 9 heteroatoms. The first-order valence-corrected chi connectivity index (χ1v) is 13.9. The fraction of sp³-hybridized carbons (Fsp3) is 0.235. The van der Waals surface area contributed by atoms with Gasteiger partial charge in [0.15, 0.2) is 0 Å². The van der Waals surface area contributed by atoms with E-state index in [4.69, 9.17) is 9.72 Å². The number of benzene rings is 3. The number of nitrogens with zero attached hydrogens (tertiary/aromatic N) is 4. The third-order valence-corrected chi connectivity index (χ3v) is 7.99. The normalized spacial score (nSPS) is 13.5. The van der Waals surface area contributed by atoms with E-state index in [2.05, 4.69) is 11.1 Å². The van der Waals surface area contributed by atoms with E-state index in [1.54, 1.807) is 42.5 Å². The number of carbonyl (C=O) groups is 1. The molecule has 6 rings (SSSR count). The highest BCUT2D eigenvalue weighted by molar-refractivity contribution is 5.92. The van der Waals surface area contributed by atoms with E-state index in [1.165, 1.54) is 12.1 Å². The third-order valence-electron chi connectivity index (χ3n) is 7.99. The molecular weight excluding hydrogens is 550 g/mol. The van der Waals surface area contributed by atoms with Gasteiger partial charge in [-0.3, -0.25) is 4.39 Å². The predicted molar refractivity (Wildman–Crippen MR) is 157 cm³/mol. The predicted octanol–water partition coefficient (Wildman–Crippen LogP) is 7.04. The highest BCUT2D eigenvalue weighted by atomic mass is 19.1. The molecular formula is C34H28F2N4O3. The number of hydrogen-bond donors (Lipinski definition) is 1. The summed E-state index contributed by atoms with van der Waals surface area (Å²) in [4.78, 5) is 21.0. The zero-order valence-electron chi connectivity index (χ0n) is 23.5. The lowest BCUT2D eigenvalue weighted by Crippen LogP contribution is -2.16. The zero-order valence-corrected chi connectivity index (χ0v) is 23.5.